The molecule has 8 nitrogen and oxygen atoms in total. The number of halogens is 1. The van der Waals surface area contributed by atoms with Crippen molar-refractivity contribution in [2.45, 2.75) is 37.6 Å². The van der Waals surface area contributed by atoms with Crippen molar-refractivity contribution in [3.63, 3.8) is 0 Å². The molecule has 2 atom stereocenters. The minimum atomic E-state index is -3.60. The van der Waals surface area contributed by atoms with Gasteiger partial charge in [-0.3, -0.25) is 4.79 Å². The second-order valence-electron chi connectivity index (χ2n) is 8.45. The van der Waals surface area contributed by atoms with Crippen LogP contribution < -0.4 is 25.2 Å². The molecule has 0 unspecified atom stereocenters. The second-order valence-corrected chi connectivity index (χ2v) is 10.2. The summed E-state index contributed by atoms with van der Waals surface area (Å²) in [6, 6.07) is 13.1. The first-order valence-corrected chi connectivity index (χ1v) is 13.0. The van der Waals surface area contributed by atoms with Crippen LogP contribution in [0.4, 0.5) is 4.39 Å². The molecule has 1 aliphatic rings. The average Bonchev–Trinajstić information content (AvgIpc) is 3.27. The Labute approximate surface area is 200 Å². The number of ether oxygens (including phenoxy) is 2. The predicted octanol–water partition coefficient (Wildman–Crippen LogP) is 2.09. The Morgan fingerprint density at radius 3 is 2.62 bits per heavy atom. The molecule has 2 aromatic rings. The van der Waals surface area contributed by atoms with Crippen molar-refractivity contribution in [3.05, 3.63) is 59.4 Å². The van der Waals surface area contributed by atoms with Crippen LogP contribution in [0.2, 0.25) is 0 Å². The number of methoxy groups -OCH3 is 1. The second kappa shape index (κ2) is 12.1. The number of rotatable bonds is 12. The molecule has 0 radical (unpaired) electrons. The van der Waals surface area contributed by atoms with E-state index in [0.717, 1.165) is 37.8 Å². The highest BCUT2D eigenvalue weighted by atomic mass is 32.2. The number of hydrogen-bond acceptors (Lipinski definition) is 6. The van der Waals surface area contributed by atoms with Crippen molar-refractivity contribution in [1.29, 1.82) is 0 Å². The summed E-state index contributed by atoms with van der Waals surface area (Å²) in [5.74, 6) is 0.237. The molecule has 186 valence electrons. The molecule has 0 aliphatic heterocycles. The number of amides is 1. The maximum atomic E-state index is 13.5. The van der Waals surface area contributed by atoms with Gasteiger partial charge in [0.1, 0.15) is 5.75 Å². The lowest BCUT2D eigenvalue weighted by Crippen LogP contribution is -2.34. The molecule has 0 aromatic heterocycles. The number of carbonyl (C=O) groups is 1. The number of carbonyl (C=O) groups excluding carboxylic acids is 1. The number of benzene rings is 2. The summed E-state index contributed by atoms with van der Waals surface area (Å²) in [4.78, 5) is 11.7. The van der Waals surface area contributed by atoms with Gasteiger partial charge >= 0.3 is 0 Å². The smallest absolute Gasteiger partial charge is 0.257 e. The van der Waals surface area contributed by atoms with E-state index >= 15 is 0 Å². The van der Waals surface area contributed by atoms with Crippen molar-refractivity contribution in [2.75, 3.05) is 32.6 Å². The van der Waals surface area contributed by atoms with Gasteiger partial charge in [-0.1, -0.05) is 18.2 Å². The fourth-order valence-electron chi connectivity index (χ4n) is 4.12. The molecule has 0 spiro atoms. The number of hydrogen-bond donors (Lipinski definition) is 3. The lowest BCUT2D eigenvalue weighted by atomic mass is 9.97. The van der Waals surface area contributed by atoms with Crippen LogP contribution in [0.5, 0.6) is 11.5 Å². The summed E-state index contributed by atoms with van der Waals surface area (Å²) in [5, 5.41) is 10.9. The standard InChI is InChI=1S/C24H32FN3O5S/c1-32-23-14-17(2-9-22(23)25)10-11-27-20-6-3-19(15-20)18-4-7-21(8-5-18)33-16-24(29)28-12-13-34(26,30)31/h2,4-5,7-9,14,19-20,27H,3,6,10-13,15-16H2,1H3,(H,28,29)(H2,26,30,31)/t19-,20+/m1/s1. The normalized spacial score (nSPS) is 18.0. The maximum Gasteiger partial charge on any atom is 0.257 e. The minimum Gasteiger partial charge on any atom is -0.494 e. The van der Waals surface area contributed by atoms with E-state index < -0.39 is 15.9 Å². The molecule has 1 amide bonds. The first-order valence-electron chi connectivity index (χ1n) is 11.3. The van der Waals surface area contributed by atoms with Gasteiger partial charge in [0.25, 0.3) is 5.91 Å². The molecule has 1 fully saturated rings. The van der Waals surface area contributed by atoms with Crippen molar-refractivity contribution < 1.29 is 27.1 Å². The Balaban J connectivity index is 1.38. The first kappa shape index (κ1) is 25.9. The van der Waals surface area contributed by atoms with Gasteiger partial charge in [0.2, 0.25) is 10.0 Å². The number of nitrogens with two attached hydrogens (primary N) is 1. The Hall–Kier alpha value is -2.69. The number of sulfonamides is 1. The number of nitrogens with one attached hydrogen (secondary N) is 2. The Morgan fingerprint density at radius 2 is 1.91 bits per heavy atom. The van der Waals surface area contributed by atoms with E-state index in [1.807, 2.05) is 24.3 Å². The van der Waals surface area contributed by atoms with Crippen LogP contribution in [0, 0.1) is 5.82 Å². The van der Waals surface area contributed by atoms with E-state index in [2.05, 4.69) is 10.6 Å². The van der Waals surface area contributed by atoms with Crippen LogP contribution >= 0.6 is 0 Å². The molecular formula is C24H32FN3O5S. The third kappa shape index (κ3) is 8.27. The maximum absolute atomic E-state index is 13.5. The molecule has 1 aliphatic carbocycles. The fraction of sp³-hybridized carbons (Fsp3) is 0.458. The van der Waals surface area contributed by atoms with E-state index in [4.69, 9.17) is 14.6 Å². The third-order valence-electron chi connectivity index (χ3n) is 5.93. The summed E-state index contributed by atoms with van der Waals surface area (Å²) in [6.07, 6.45) is 4.03. The molecule has 3 rings (SSSR count). The topological polar surface area (TPSA) is 120 Å². The van der Waals surface area contributed by atoms with Crippen LogP contribution in [0.15, 0.2) is 42.5 Å². The molecule has 0 saturated heterocycles. The van der Waals surface area contributed by atoms with Crippen molar-refractivity contribution in [2.24, 2.45) is 5.14 Å². The van der Waals surface area contributed by atoms with Gasteiger partial charge in [-0.2, -0.15) is 0 Å². The van der Waals surface area contributed by atoms with Gasteiger partial charge in [0.05, 0.1) is 12.9 Å². The van der Waals surface area contributed by atoms with Crippen molar-refractivity contribution >= 4 is 15.9 Å². The van der Waals surface area contributed by atoms with Gasteiger partial charge in [0.15, 0.2) is 18.2 Å². The molecule has 34 heavy (non-hydrogen) atoms. The largest absolute Gasteiger partial charge is 0.494 e. The summed E-state index contributed by atoms with van der Waals surface area (Å²) in [5.41, 5.74) is 2.27. The van der Waals surface area contributed by atoms with Crippen LogP contribution in [0.3, 0.4) is 0 Å². The third-order valence-corrected chi connectivity index (χ3v) is 6.70. The van der Waals surface area contributed by atoms with E-state index in [0.29, 0.717) is 17.7 Å². The molecule has 0 bridgehead atoms. The van der Waals surface area contributed by atoms with E-state index in [-0.39, 0.29) is 30.5 Å². The average molecular weight is 494 g/mol. The molecule has 10 heteroatoms. The highest BCUT2D eigenvalue weighted by molar-refractivity contribution is 7.89. The van der Waals surface area contributed by atoms with Gasteiger partial charge < -0.3 is 20.1 Å². The van der Waals surface area contributed by atoms with Crippen molar-refractivity contribution in [1.82, 2.24) is 10.6 Å². The van der Waals surface area contributed by atoms with Gasteiger partial charge in [0, 0.05) is 12.6 Å². The van der Waals surface area contributed by atoms with Gasteiger partial charge in [-0.25, -0.2) is 17.9 Å². The SMILES string of the molecule is COc1cc(CCN[C@H]2CC[C@@H](c3ccc(OCC(=O)NCCS(N)(=O)=O)cc3)C2)ccc1F. The minimum absolute atomic E-state index is 0.0467. The molecule has 1 saturated carbocycles. The zero-order valence-electron chi connectivity index (χ0n) is 19.3. The van der Waals surface area contributed by atoms with Crippen LogP contribution in [-0.2, 0) is 21.2 Å². The molecule has 2 aromatic carbocycles. The highest BCUT2D eigenvalue weighted by Crippen LogP contribution is 2.35. The monoisotopic (exact) mass is 493 g/mol. The summed E-state index contributed by atoms with van der Waals surface area (Å²) >= 11 is 0. The quantitative estimate of drug-likeness (QED) is 0.417. The Morgan fingerprint density at radius 1 is 1.15 bits per heavy atom. The number of primary sulfonamides is 1. The van der Waals surface area contributed by atoms with Crippen molar-refractivity contribution in [3.8, 4) is 11.5 Å². The van der Waals surface area contributed by atoms with E-state index in [9.17, 15) is 17.6 Å². The predicted molar refractivity (Wildman–Crippen MR) is 128 cm³/mol. The lowest BCUT2D eigenvalue weighted by molar-refractivity contribution is -0.122. The van der Waals surface area contributed by atoms with E-state index in [1.165, 1.54) is 18.7 Å². The molecular weight excluding hydrogens is 461 g/mol. The van der Waals surface area contributed by atoms with Gasteiger partial charge in [-0.05, 0) is 73.5 Å². The van der Waals surface area contributed by atoms with E-state index in [1.54, 1.807) is 12.1 Å². The Kier molecular flexibility index (Phi) is 9.26. The Bertz CT molecular complexity index is 1060. The molecule has 0 heterocycles. The van der Waals surface area contributed by atoms with Crippen LogP contribution in [0.1, 0.15) is 36.3 Å². The summed E-state index contributed by atoms with van der Waals surface area (Å²) in [7, 11) is -2.14. The zero-order valence-corrected chi connectivity index (χ0v) is 20.1. The fourth-order valence-corrected chi connectivity index (χ4v) is 4.51. The summed E-state index contributed by atoms with van der Waals surface area (Å²) < 4.78 is 45.8. The van der Waals surface area contributed by atoms with Gasteiger partial charge in [-0.15, -0.1) is 0 Å². The lowest BCUT2D eigenvalue weighted by Gasteiger charge is -2.14. The first-order chi connectivity index (χ1) is 16.2. The molecule has 4 N–H and O–H groups in total. The van der Waals surface area contributed by atoms with Crippen LogP contribution in [-0.4, -0.2) is 52.9 Å². The highest BCUT2D eigenvalue weighted by Gasteiger charge is 2.25. The summed E-state index contributed by atoms with van der Waals surface area (Å²) in [6.45, 7) is 0.576. The zero-order chi connectivity index (χ0) is 24.6. The van der Waals surface area contributed by atoms with Crippen LogP contribution in [0.25, 0.3) is 0 Å².